The molecule has 1 aliphatic heterocycles. The zero-order chi connectivity index (χ0) is 27.5. The maximum Gasteiger partial charge on any atom is 0.417 e. The molecule has 0 amide bonds. The van der Waals surface area contributed by atoms with Gasteiger partial charge in [-0.3, -0.25) is 0 Å². The molecular weight excluding hydrogens is 522 g/mol. The first-order chi connectivity index (χ1) is 18.0. The SMILES string of the molecule is Cc1ccccc1N/C(=N\C#N)N1CCN(S(=O)(=O)c2ccc(F)cc2C(F)(F)F)C(c2ccccc2)C1. The van der Waals surface area contributed by atoms with E-state index in [9.17, 15) is 31.2 Å². The lowest BCUT2D eigenvalue weighted by molar-refractivity contribution is -0.140. The van der Waals surface area contributed by atoms with Crippen LogP contribution in [-0.2, 0) is 16.2 Å². The molecule has 12 heteroatoms. The van der Waals surface area contributed by atoms with Crippen LogP contribution in [0.1, 0.15) is 22.7 Å². The Balaban J connectivity index is 1.74. The van der Waals surface area contributed by atoms with E-state index in [4.69, 9.17) is 0 Å². The molecule has 1 unspecified atom stereocenters. The highest BCUT2D eigenvalue weighted by Crippen LogP contribution is 2.38. The normalized spacial score (nSPS) is 17.2. The van der Waals surface area contributed by atoms with Crippen LogP contribution in [0, 0.1) is 24.2 Å². The Hall–Kier alpha value is -3.95. The number of nitriles is 1. The standard InChI is InChI=1S/C26H23F4N5O2S/c1-18-7-5-6-10-22(18)33-25(32-17-31)34-13-14-35(23(16-34)19-8-3-2-4-9-19)38(36,37)24-12-11-20(27)15-21(24)26(28,29)30/h2-12,15,23H,13-14,16H2,1H3,(H,32,33). The molecule has 0 bridgehead atoms. The number of nitrogens with zero attached hydrogens (tertiary/aromatic N) is 4. The topological polar surface area (TPSA) is 88.8 Å². The molecule has 1 N–H and O–H groups in total. The van der Waals surface area contributed by atoms with Crippen molar-refractivity contribution in [3.8, 4) is 6.19 Å². The summed E-state index contributed by atoms with van der Waals surface area (Å²) in [6.07, 6.45) is -3.34. The van der Waals surface area contributed by atoms with E-state index in [2.05, 4.69) is 10.3 Å². The minimum atomic E-state index is -5.08. The number of aryl methyl sites for hydroxylation is 1. The number of nitrogens with one attached hydrogen (secondary N) is 1. The fourth-order valence-corrected chi connectivity index (χ4v) is 6.12. The molecule has 4 rings (SSSR count). The highest BCUT2D eigenvalue weighted by molar-refractivity contribution is 7.89. The van der Waals surface area contributed by atoms with Gasteiger partial charge in [0, 0.05) is 25.3 Å². The van der Waals surface area contributed by atoms with Crippen LogP contribution in [0.2, 0.25) is 0 Å². The van der Waals surface area contributed by atoms with E-state index in [1.54, 1.807) is 53.6 Å². The van der Waals surface area contributed by atoms with Gasteiger partial charge in [0.25, 0.3) is 0 Å². The van der Waals surface area contributed by atoms with E-state index in [1.807, 2.05) is 19.1 Å². The van der Waals surface area contributed by atoms with Crippen LogP contribution in [-0.4, -0.2) is 43.2 Å². The summed E-state index contributed by atoms with van der Waals surface area (Å²) in [6.45, 7) is 1.68. The second-order valence-corrected chi connectivity index (χ2v) is 10.5. The number of halogens is 4. The lowest BCUT2D eigenvalue weighted by atomic mass is 10.0. The summed E-state index contributed by atoms with van der Waals surface area (Å²) in [6, 6.07) is 16.4. The summed E-state index contributed by atoms with van der Waals surface area (Å²) < 4.78 is 83.2. The third-order valence-corrected chi connectivity index (χ3v) is 8.16. The third kappa shape index (κ3) is 5.64. The Labute approximate surface area is 217 Å². The fraction of sp³-hybridized carbons (Fsp3) is 0.231. The summed E-state index contributed by atoms with van der Waals surface area (Å²) in [4.78, 5) is 4.54. The van der Waals surface area contributed by atoms with Crippen molar-refractivity contribution in [1.82, 2.24) is 9.21 Å². The fourth-order valence-electron chi connectivity index (χ4n) is 4.33. The minimum absolute atomic E-state index is 0.00875. The number of hydrogen-bond donors (Lipinski definition) is 1. The highest BCUT2D eigenvalue weighted by atomic mass is 32.2. The number of hydrogen-bond acceptors (Lipinski definition) is 4. The largest absolute Gasteiger partial charge is 0.417 e. The minimum Gasteiger partial charge on any atom is -0.339 e. The van der Waals surface area contributed by atoms with E-state index < -0.39 is 38.5 Å². The number of rotatable bonds is 4. The molecule has 0 aliphatic carbocycles. The van der Waals surface area contributed by atoms with Crippen molar-refractivity contribution in [3.63, 3.8) is 0 Å². The number of sulfonamides is 1. The predicted octanol–water partition coefficient (Wildman–Crippen LogP) is 5.15. The van der Waals surface area contributed by atoms with Crippen LogP contribution in [0.4, 0.5) is 23.2 Å². The zero-order valence-corrected chi connectivity index (χ0v) is 21.0. The van der Waals surface area contributed by atoms with Crippen molar-refractivity contribution >= 4 is 21.7 Å². The van der Waals surface area contributed by atoms with Gasteiger partial charge in [-0.05, 0) is 42.3 Å². The number of anilines is 1. The molecule has 7 nitrogen and oxygen atoms in total. The molecule has 0 aromatic heterocycles. The van der Waals surface area contributed by atoms with E-state index in [0.717, 1.165) is 9.87 Å². The van der Waals surface area contributed by atoms with Gasteiger partial charge in [0.1, 0.15) is 5.82 Å². The molecule has 3 aromatic carbocycles. The second-order valence-electron chi connectivity index (χ2n) is 8.60. The predicted molar refractivity (Wildman–Crippen MR) is 134 cm³/mol. The highest BCUT2D eigenvalue weighted by Gasteiger charge is 2.43. The lowest BCUT2D eigenvalue weighted by Gasteiger charge is -2.42. The molecule has 0 radical (unpaired) electrons. The quantitative estimate of drug-likeness (QED) is 0.212. The van der Waals surface area contributed by atoms with Crippen molar-refractivity contribution in [2.24, 2.45) is 4.99 Å². The Morgan fingerprint density at radius 2 is 1.74 bits per heavy atom. The molecular formula is C26H23F4N5O2S. The Morgan fingerprint density at radius 1 is 1.05 bits per heavy atom. The van der Waals surface area contributed by atoms with Gasteiger partial charge in [-0.1, -0.05) is 48.5 Å². The summed E-state index contributed by atoms with van der Waals surface area (Å²) in [7, 11) is -4.72. The van der Waals surface area contributed by atoms with Crippen molar-refractivity contribution in [2.75, 3.05) is 25.0 Å². The molecule has 38 heavy (non-hydrogen) atoms. The number of alkyl halides is 3. The summed E-state index contributed by atoms with van der Waals surface area (Å²) in [5.41, 5.74) is 0.534. The van der Waals surface area contributed by atoms with Crippen LogP contribution < -0.4 is 5.32 Å². The van der Waals surface area contributed by atoms with Gasteiger partial charge in [0.2, 0.25) is 22.2 Å². The molecule has 1 heterocycles. The Bertz CT molecular complexity index is 1490. The van der Waals surface area contributed by atoms with Crippen LogP contribution in [0.25, 0.3) is 0 Å². The Morgan fingerprint density at radius 3 is 2.39 bits per heavy atom. The Kier molecular flexibility index (Phi) is 7.71. The first-order valence-electron chi connectivity index (χ1n) is 11.5. The van der Waals surface area contributed by atoms with Gasteiger partial charge >= 0.3 is 6.18 Å². The molecule has 1 saturated heterocycles. The van der Waals surface area contributed by atoms with Crippen LogP contribution in [0.3, 0.4) is 0 Å². The number of piperazine rings is 1. The molecule has 0 spiro atoms. The average Bonchev–Trinajstić information content (AvgIpc) is 2.89. The van der Waals surface area contributed by atoms with Gasteiger partial charge in [-0.25, -0.2) is 12.8 Å². The van der Waals surface area contributed by atoms with E-state index in [0.29, 0.717) is 23.4 Å². The van der Waals surface area contributed by atoms with Crippen LogP contribution in [0.15, 0.2) is 82.7 Å². The number of para-hydroxylation sites is 1. The zero-order valence-electron chi connectivity index (χ0n) is 20.2. The number of guanidine groups is 1. The van der Waals surface area contributed by atoms with Crippen molar-refractivity contribution in [2.45, 2.75) is 24.0 Å². The number of benzene rings is 3. The third-order valence-electron chi connectivity index (χ3n) is 6.20. The van der Waals surface area contributed by atoms with Gasteiger partial charge in [-0.15, -0.1) is 4.99 Å². The molecule has 1 atom stereocenters. The van der Waals surface area contributed by atoms with E-state index in [1.165, 1.54) is 0 Å². The second kappa shape index (κ2) is 10.8. The molecule has 3 aromatic rings. The van der Waals surface area contributed by atoms with Crippen LogP contribution >= 0.6 is 0 Å². The first-order valence-corrected chi connectivity index (χ1v) is 12.9. The van der Waals surface area contributed by atoms with E-state index >= 15 is 0 Å². The van der Waals surface area contributed by atoms with Crippen molar-refractivity contribution in [1.29, 1.82) is 5.26 Å². The average molecular weight is 546 g/mol. The molecule has 0 saturated carbocycles. The van der Waals surface area contributed by atoms with Gasteiger partial charge in [-0.2, -0.15) is 22.7 Å². The smallest absolute Gasteiger partial charge is 0.339 e. The van der Waals surface area contributed by atoms with Crippen molar-refractivity contribution in [3.05, 3.63) is 95.3 Å². The molecule has 1 aliphatic rings. The first kappa shape index (κ1) is 27.1. The van der Waals surface area contributed by atoms with Gasteiger partial charge in [0.05, 0.1) is 16.5 Å². The summed E-state index contributed by atoms with van der Waals surface area (Å²) in [5, 5.41) is 12.4. The lowest BCUT2D eigenvalue weighted by Crippen LogP contribution is -2.53. The summed E-state index contributed by atoms with van der Waals surface area (Å²) >= 11 is 0. The number of aliphatic imine (C=N–C) groups is 1. The van der Waals surface area contributed by atoms with Gasteiger partial charge < -0.3 is 10.2 Å². The summed E-state index contributed by atoms with van der Waals surface area (Å²) in [5.74, 6) is -1.02. The van der Waals surface area contributed by atoms with E-state index in [-0.39, 0.29) is 31.7 Å². The molecule has 198 valence electrons. The van der Waals surface area contributed by atoms with Gasteiger partial charge in [0.15, 0.2) is 0 Å². The van der Waals surface area contributed by atoms with Crippen LogP contribution in [0.5, 0.6) is 0 Å². The maximum atomic E-state index is 13.7. The van der Waals surface area contributed by atoms with Crippen molar-refractivity contribution < 1.29 is 26.0 Å². The maximum absolute atomic E-state index is 13.7. The monoisotopic (exact) mass is 545 g/mol. The molecule has 1 fully saturated rings.